The molecular formula is C19H28. The molecule has 0 saturated carbocycles. The van der Waals surface area contributed by atoms with E-state index < -0.39 is 0 Å². The van der Waals surface area contributed by atoms with E-state index in [9.17, 15) is 0 Å². The normalized spacial score (nSPS) is 28.2. The van der Waals surface area contributed by atoms with Crippen LogP contribution in [-0.4, -0.2) is 0 Å². The highest BCUT2D eigenvalue weighted by Gasteiger charge is 2.09. The van der Waals surface area contributed by atoms with Crippen molar-refractivity contribution in [1.82, 2.24) is 0 Å². The van der Waals surface area contributed by atoms with Gasteiger partial charge in [0, 0.05) is 0 Å². The molecule has 0 aliphatic heterocycles. The molecule has 0 aromatic carbocycles. The van der Waals surface area contributed by atoms with Gasteiger partial charge in [-0.3, -0.25) is 0 Å². The van der Waals surface area contributed by atoms with Gasteiger partial charge in [0.25, 0.3) is 0 Å². The van der Waals surface area contributed by atoms with Crippen molar-refractivity contribution in [2.24, 2.45) is 17.8 Å². The summed E-state index contributed by atoms with van der Waals surface area (Å²) in [6.45, 7) is 13.0. The molecule has 0 bridgehead atoms. The number of hydrogen-bond acceptors (Lipinski definition) is 0. The predicted octanol–water partition coefficient (Wildman–Crippen LogP) is 5.86. The number of allylic oxidation sites excluding steroid dienone is 9. The maximum absolute atomic E-state index is 3.95. The van der Waals surface area contributed by atoms with Crippen molar-refractivity contribution in [3.63, 3.8) is 0 Å². The van der Waals surface area contributed by atoms with Gasteiger partial charge in [0.15, 0.2) is 0 Å². The van der Waals surface area contributed by atoms with Gasteiger partial charge < -0.3 is 0 Å². The molecule has 104 valence electrons. The molecule has 1 atom stereocenters. The molecule has 0 radical (unpaired) electrons. The van der Waals surface area contributed by atoms with Crippen LogP contribution in [0.5, 0.6) is 0 Å². The standard InChI is InChI=1S/C19H28/c1-6-17-9-7-10-18(16(4)5)11-8-12-19(17)14-13-15(2)3/h6-9,11,13-16,18H,1,10,12H2,2-5H3/b9-7+,11-8+,14-13+,19-17+. The number of rotatable bonds is 4. The van der Waals surface area contributed by atoms with Gasteiger partial charge in [-0.25, -0.2) is 0 Å². The number of hydrogen-bond donors (Lipinski definition) is 0. The van der Waals surface area contributed by atoms with Crippen LogP contribution in [0.15, 0.2) is 60.3 Å². The third-order valence-corrected chi connectivity index (χ3v) is 3.56. The van der Waals surface area contributed by atoms with Gasteiger partial charge >= 0.3 is 0 Å². The summed E-state index contributed by atoms with van der Waals surface area (Å²) in [5.41, 5.74) is 2.62. The Morgan fingerprint density at radius 3 is 2.53 bits per heavy atom. The van der Waals surface area contributed by atoms with Crippen molar-refractivity contribution in [3.05, 3.63) is 60.3 Å². The lowest BCUT2D eigenvalue weighted by Crippen LogP contribution is -2.03. The van der Waals surface area contributed by atoms with E-state index in [1.54, 1.807) is 0 Å². The van der Waals surface area contributed by atoms with Crippen LogP contribution in [0.25, 0.3) is 0 Å². The van der Waals surface area contributed by atoms with Gasteiger partial charge in [0.2, 0.25) is 0 Å². The fourth-order valence-electron chi connectivity index (χ4n) is 2.19. The quantitative estimate of drug-likeness (QED) is 0.553. The lowest BCUT2D eigenvalue weighted by molar-refractivity contribution is 0.470. The Kier molecular flexibility index (Phi) is 6.62. The van der Waals surface area contributed by atoms with Gasteiger partial charge in [0.05, 0.1) is 0 Å². The molecule has 0 heteroatoms. The molecule has 0 spiro atoms. The molecule has 0 amide bonds. The van der Waals surface area contributed by atoms with Crippen LogP contribution in [0.2, 0.25) is 0 Å². The minimum atomic E-state index is 0.586. The Balaban J connectivity index is 2.98. The summed E-state index contributed by atoms with van der Waals surface area (Å²) in [5.74, 6) is 1.93. The molecule has 0 aromatic heterocycles. The summed E-state index contributed by atoms with van der Waals surface area (Å²) in [7, 11) is 0. The molecule has 0 saturated heterocycles. The first-order valence-corrected chi connectivity index (χ1v) is 7.41. The van der Waals surface area contributed by atoms with Crippen LogP contribution in [0.1, 0.15) is 40.5 Å². The van der Waals surface area contributed by atoms with E-state index in [0.717, 1.165) is 12.8 Å². The molecule has 0 N–H and O–H groups in total. The zero-order valence-corrected chi connectivity index (χ0v) is 12.9. The van der Waals surface area contributed by atoms with Crippen LogP contribution in [0.3, 0.4) is 0 Å². The molecule has 1 aliphatic carbocycles. The monoisotopic (exact) mass is 256 g/mol. The zero-order chi connectivity index (χ0) is 14.3. The summed E-state index contributed by atoms with van der Waals surface area (Å²) in [4.78, 5) is 0. The fraction of sp³-hybridized carbons (Fsp3) is 0.474. The van der Waals surface area contributed by atoms with Crippen LogP contribution >= 0.6 is 0 Å². The Morgan fingerprint density at radius 1 is 1.21 bits per heavy atom. The van der Waals surface area contributed by atoms with Crippen molar-refractivity contribution in [1.29, 1.82) is 0 Å². The minimum Gasteiger partial charge on any atom is -0.0985 e. The van der Waals surface area contributed by atoms with Crippen LogP contribution < -0.4 is 0 Å². The Hall–Kier alpha value is -1.30. The third-order valence-electron chi connectivity index (χ3n) is 3.56. The van der Waals surface area contributed by atoms with Gasteiger partial charge in [-0.1, -0.05) is 76.8 Å². The lowest BCUT2D eigenvalue weighted by atomic mass is 9.92. The van der Waals surface area contributed by atoms with Crippen LogP contribution in [0.4, 0.5) is 0 Å². The Labute approximate surface area is 119 Å². The van der Waals surface area contributed by atoms with Crippen molar-refractivity contribution in [2.45, 2.75) is 40.5 Å². The second-order valence-corrected chi connectivity index (χ2v) is 5.97. The Bertz CT molecular complexity index is 400. The first-order chi connectivity index (χ1) is 9.04. The summed E-state index contributed by atoms with van der Waals surface area (Å²) in [5, 5.41) is 0. The molecule has 0 fully saturated rings. The summed E-state index contributed by atoms with van der Waals surface area (Å²) in [6, 6.07) is 0. The van der Waals surface area contributed by atoms with E-state index in [1.165, 1.54) is 11.1 Å². The molecule has 0 nitrogen and oxygen atoms in total. The maximum atomic E-state index is 3.95. The topological polar surface area (TPSA) is 0 Å². The smallest absolute Gasteiger partial charge is 0.00915 e. The second-order valence-electron chi connectivity index (χ2n) is 5.97. The van der Waals surface area contributed by atoms with E-state index >= 15 is 0 Å². The van der Waals surface area contributed by atoms with E-state index in [1.807, 2.05) is 6.08 Å². The summed E-state index contributed by atoms with van der Waals surface area (Å²) < 4.78 is 0. The minimum absolute atomic E-state index is 0.586. The third kappa shape index (κ3) is 5.46. The second kappa shape index (κ2) is 7.99. The van der Waals surface area contributed by atoms with Crippen LogP contribution in [-0.2, 0) is 0 Å². The lowest BCUT2D eigenvalue weighted by Gasteiger charge is -2.14. The van der Waals surface area contributed by atoms with Crippen molar-refractivity contribution in [2.75, 3.05) is 0 Å². The molecule has 19 heavy (non-hydrogen) atoms. The molecule has 1 aliphatic rings. The van der Waals surface area contributed by atoms with E-state index in [-0.39, 0.29) is 0 Å². The van der Waals surface area contributed by atoms with E-state index in [4.69, 9.17) is 0 Å². The zero-order valence-electron chi connectivity index (χ0n) is 12.9. The van der Waals surface area contributed by atoms with Crippen LogP contribution in [0, 0.1) is 17.8 Å². The van der Waals surface area contributed by atoms with Crippen molar-refractivity contribution in [3.8, 4) is 0 Å². The summed E-state index contributed by atoms with van der Waals surface area (Å²) in [6.07, 6.45) is 17.8. The van der Waals surface area contributed by atoms with Gasteiger partial charge in [-0.05, 0) is 41.7 Å². The highest BCUT2D eigenvalue weighted by Crippen LogP contribution is 2.23. The van der Waals surface area contributed by atoms with Gasteiger partial charge in [-0.2, -0.15) is 0 Å². The molecule has 1 unspecified atom stereocenters. The van der Waals surface area contributed by atoms with Gasteiger partial charge in [0.1, 0.15) is 0 Å². The predicted molar refractivity (Wildman–Crippen MR) is 87.0 cm³/mol. The fourth-order valence-corrected chi connectivity index (χ4v) is 2.19. The first kappa shape index (κ1) is 15.8. The molecular weight excluding hydrogens is 228 g/mol. The highest BCUT2D eigenvalue weighted by molar-refractivity contribution is 5.41. The van der Waals surface area contributed by atoms with Crippen molar-refractivity contribution >= 4 is 0 Å². The van der Waals surface area contributed by atoms with E-state index in [2.05, 4.69) is 70.7 Å². The SMILES string of the molecule is C=CC1=C(\C=C\C(C)C)C/C=C/C(C(C)C)C\C=C\1. The molecule has 0 aromatic rings. The average molecular weight is 256 g/mol. The van der Waals surface area contributed by atoms with Gasteiger partial charge in [-0.15, -0.1) is 0 Å². The first-order valence-electron chi connectivity index (χ1n) is 7.41. The van der Waals surface area contributed by atoms with E-state index in [0.29, 0.717) is 17.8 Å². The maximum Gasteiger partial charge on any atom is -0.00915 e. The average Bonchev–Trinajstić information content (AvgIpc) is 2.45. The molecule has 1 rings (SSSR count). The largest absolute Gasteiger partial charge is 0.0985 e. The van der Waals surface area contributed by atoms with Crippen molar-refractivity contribution < 1.29 is 0 Å². The summed E-state index contributed by atoms with van der Waals surface area (Å²) >= 11 is 0. The highest BCUT2D eigenvalue weighted by atomic mass is 14.1. The molecule has 0 heterocycles. The Morgan fingerprint density at radius 2 is 1.95 bits per heavy atom.